The maximum absolute atomic E-state index is 13.0. The van der Waals surface area contributed by atoms with E-state index in [-0.39, 0.29) is 34.3 Å². The third kappa shape index (κ3) is 5.75. The molecular formula is C24H25ClN8O2. The lowest BCUT2D eigenvalue weighted by Gasteiger charge is -2.27. The number of aromatic nitrogens is 4. The molecule has 1 aromatic carbocycles. The lowest BCUT2D eigenvalue weighted by Crippen LogP contribution is -2.40. The van der Waals surface area contributed by atoms with Crippen LogP contribution in [-0.2, 0) is 4.79 Å². The van der Waals surface area contributed by atoms with E-state index in [1.54, 1.807) is 30.0 Å². The van der Waals surface area contributed by atoms with E-state index in [1.165, 1.54) is 6.20 Å². The van der Waals surface area contributed by atoms with Crippen LogP contribution in [0.5, 0.6) is 0 Å². The van der Waals surface area contributed by atoms with Crippen LogP contribution in [0, 0.1) is 24.2 Å². The Bertz CT molecular complexity index is 1320. The topological polar surface area (TPSA) is 147 Å². The summed E-state index contributed by atoms with van der Waals surface area (Å²) in [6.45, 7) is 4.89. The summed E-state index contributed by atoms with van der Waals surface area (Å²) in [5, 5.41) is 15.9. The fourth-order valence-electron chi connectivity index (χ4n) is 3.66. The average molecular weight is 493 g/mol. The van der Waals surface area contributed by atoms with E-state index in [2.05, 4.69) is 37.3 Å². The van der Waals surface area contributed by atoms with Gasteiger partial charge in [0, 0.05) is 31.1 Å². The van der Waals surface area contributed by atoms with E-state index in [1.807, 2.05) is 6.92 Å². The van der Waals surface area contributed by atoms with E-state index in [0.717, 1.165) is 19.3 Å². The van der Waals surface area contributed by atoms with Crippen molar-refractivity contribution in [2.24, 2.45) is 0 Å². The van der Waals surface area contributed by atoms with Crippen LogP contribution in [0.25, 0.3) is 0 Å². The summed E-state index contributed by atoms with van der Waals surface area (Å²) in [6, 6.07) is 5.19. The summed E-state index contributed by atoms with van der Waals surface area (Å²) in [7, 11) is 0. The minimum Gasteiger partial charge on any atom is -0.368 e. The Balaban J connectivity index is 1.67. The van der Waals surface area contributed by atoms with Crippen molar-refractivity contribution in [3.63, 3.8) is 0 Å². The number of benzene rings is 1. The highest BCUT2D eigenvalue weighted by molar-refractivity contribution is 6.45. The number of anilines is 3. The molecule has 0 spiro atoms. The number of rotatable bonds is 5. The first-order valence-corrected chi connectivity index (χ1v) is 11.6. The first-order chi connectivity index (χ1) is 16.8. The van der Waals surface area contributed by atoms with Crippen LogP contribution >= 0.6 is 11.6 Å². The standard InChI is InChI=1S/C24H25ClN8O2/c1-14(21-29-15(2)35-32-21)6-7-16-8-9-17(20(26)23(34)33-10-4-3-5-11-33)19(12-16)30-22-18(25)13-28-24(27)31-22/h8-9,12-14,26H,3-5,10-11H2,1-2H3,(H3,27,28,30,31). The van der Waals surface area contributed by atoms with Gasteiger partial charge in [-0.1, -0.05) is 28.6 Å². The first kappa shape index (κ1) is 24.2. The smallest absolute Gasteiger partial charge is 0.272 e. The van der Waals surface area contributed by atoms with Crippen molar-refractivity contribution in [2.75, 3.05) is 24.1 Å². The first-order valence-electron chi connectivity index (χ1n) is 11.2. The number of hydrogen-bond donors (Lipinski definition) is 3. The van der Waals surface area contributed by atoms with Crippen molar-refractivity contribution in [1.82, 2.24) is 25.0 Å². The minimum atomic E-state index is -0.319. The fraction of sp³-hybridized carbons (Fsp3) is 0.333. The largest absolute Gasteiger partial charge is 0.368 e. The van der Waals surface area contributed by atoms with Gasteiger partial charge in [0.25, 0.3) is 5.91 Å². The number of likely N-dealkylation sites (tertiary alicyclic amines) is 1. The molecule has 0 saturated carbocycles. The monoisotopic (exact) mass is 492 g/mol. The number of nitrogens with zero attached hydrogens (tertiary/aromatic N) is 5. The van der Waals surface area contributed by atoms with Crippen LogP contribution in [0.1, 0.15) is 54.9 Å². The van der Waals surface area contributed by atoms with Gasteiger partial charge in [0.2, 0.25) is 11.8 Å². The van der Waals surface area contributed by atoms with Crippen molar-refractivity contribution < 1.29 is 9.32 Å². The summed E-state index contributed by atoms with van der Waals surface area (Å²) in [5.74, 6) is 6.90. The Kier molecular flexibility index (Phi) is 7.27. The fourth-order valence-corrected chi connectivity index (χ4v) is 3.80. The number of carbonyl (C=O) groups excluding carboxylic acids is 1. The SMILES string of the molecule is Cc1nc(C(C)C#Cc2ccc(C(=N)C(=O)N3CCCCC3)c(Nc3nc(N)ncc3Cl)c2)no1. The number of carbonyl (C=O) groups is 1. The molecule has 0 radical (unpaired) electrons. The van der Waals surface area contributed by atoms with Gasteiger partial charge in [0.15, 0.2) is 11.6 Å². The molecule has 4 N–H and O–H groups in total. The van der Waals surface area contributed by atoms with Crippen LogP contribution < -0.4 is 11.1 Å². The van der Waals surface area contributed by atoms with Gasteiger partial charge in [-0.25, -0.2) is 4.98 Å². The second-order valence-electron chi connectivity index (χ2n) is 8.20. The highest BCUT2D eigenvalue weighted by atomic mass is 35.5. The van der Waals surface area contributed by atoms with Crippen molar-refractivity contribution in [2.45, 2.75) is 39.0 Å². The van der Waals surface area contributed by atoms with Crippen molar-refractivity contribution in [3.8, 4) is 11.8 Å². The number of nitrogen functional groups attached to an aromatic ring is 1. The highest BCUT2D eigenvalue weighted by Gasteiger charge is 2.24. The molecule has 4 rings (SSSR count). The molecule has 3 heterocycles. The number of nitrogens with two attached hydrogens (primary N) is 1. The maximum Gasteiger partial charge on any atom is 0.272 e. The van der Waals surface area contributed by atoms with Gasteiger partial charge >= 0.3 is 0 Å². The van der Waals surface area contributed by atoms with Crippen LogP contribution in [-0.4, -0.2) is 49.7 Å². The number of aryl methyl sites for hydroxylation is 1. The molecule has 1 aliphatic heterocycles. The van der Waals surface area contributed by atoms with E-state index in [4.69, 9.17) is 27.3 Å². The Labute approximate surface area is 207 Å². The van der Waals surface area contributed by atoms with Gasteiger partial charge in [-0.3, -0.25) is 10.2 Å². The zero-order valence-electron chi connectivity index (χ0n) is 19.4. The summed E-state index contributed by atoms with van der Waals surface area (Å²) < 4.78 is 5.03. The number of nitrogens with one attached hydrogen (secondary N) is 2. The van der Waals surface area contributed by atoms with Crippen LogP contribution in [0.15, 0.2) is 28.9 Å². The van der Waals surface area contributed by atoms with Gasteiger partial charge in [0.05, 0.1) is 17.8 Å². The molecule has 0 bridgehead atoms. The molecule has 1 atom stereocenters. The average Bonchev–Trinajstić information content (AvgIpc) is 3.31. The molecule has 11 heteroatoms. The van der Waals surface area contributed by atoms with Gasteiger partial charge in [-0.15, -0.1) is 0 Å². The molecule has 1 saturated heterocycles. The third-order valence-electron chi connectivity index (χ3n) is 5.53. The van der Waals surface area contributed by atoms with Crippen molar-refractivity contribution in [3.05, 3.63) is 52.3 Å². The molecule has 180 valence electrons. The number of hydrogen-bond acceptors (Lipinski definition) is 9. The molecule has 35 heavy (non-hydrogen) atoms. The van der Waals surface area contributed by atoms with Crippen molar-refractivity contribution in [1.29, 1.82) is 5.41 Å². The summed E-state index contributed by atoms with van der Waals surface area (Å²) in [6.07, 6.45) is 4.35. The summed E-state index contributed by atoms with van der Waals surface area (Å²) in [5.41, 5.74) is 7.11. The lowest BCUT2D eigenvalue weighted by atomic mass is 10.0. The predicted molar refractivity (Wildman–Crippen MR) is 133 cm³/mol. The second-order valence-corrected chi connectivity index (χ2v) is 8.61. The maximum atomic E-state index is 13.0. The van der Waals surface area contributed by atoms with Crippen molar-refractivity contribution >= 4 is 40.7 Å². The molecule has 2 aromatic heterocycles. The van der Waals surface area contributed by atoms with Gasteiger partial charge in [0.1, 0.15) is 10.7 Å². The summed E-state index contributed by atoms with van der Waals surface area (Å²) >= 11 is 6.25. The van der Waals surface area contributed by atoms with E-state index in [0.29, 0.717) is 41.6 Å². The molecule has 1 fully saturated rings. The Morgan fingerprint density at radius 1 is 1.29 bits per heavy atom. The van der Waals surface area contributed by atoms with Gasteiger partial charge < -0.3 is 20.5 Å². The van der Waals surface area contributed by atoms with Crippen LogP contribution in [0.3, 0.4) is 0 Å². The zero-order chi connectivity index (χ0) is 24.9. The normalized spacial score (nSPS) is 14.1. The molecular weight excluding hydrogens is 468 g/mol. The number of piperidine rings is 1. The van der Waals surface area contributed by atoms with Gasteiger partial charge in [-0.05, 0) is 44.4 Å². The van der Waals surface area contributed by atoms with E-state index >= 15 is 0 Å². The second kappa shape index (κ2) is 10.5. The zero-order valence-corrected chi connectivity index (χ0v) is 20.2. The predicted octanol–water partition coefficient (Wildman–Crippen LogP) is 3.68. The third-order valence-corrected chi connectivity index (χ3v) is 5.80. The molecule has 0 aliphatic carbocycles. The lowest BCUT2D eigenvalue weighted by molar-refractivity contribution is -0.124. The van der Waals surface area contributed by atoms with Gasteiger partial charge in [-0.2, -0.15) is 9.97 Å². The number of amides is 1. The Hall–Kier alpha value is -3.97. The molecule has 1 unspecified atom stereocenters. The molecule has 1 aliphatic rings. The molecule has 3 aromatic rings. The Morgan fingerprint density at radius 3 is 2.77 bits per heavy atom. The molecule has 1 amide bonds. The highest BCUT2D eigenvalue weighted by Crippen LogP contribution is 2.27. The number of halogens is 1. The summed E-state index contributed by atoms with van der Waals surface area (Å²) in [4.78, 5) is 27.0. The quantitative estimate of drug-likeness (QED) is 0.361. The van der Waals surface area contributed by atoms with Crippen LogP contribution in [0.4, 0.5) is 17.5 Å². The van der Waals surface area contributed by atoms with Crippen LogP contribution in [0.2, 0.25) is 5.02 Å². The van der Waals surface area contributed by atoms with E-state index in [9.17, 15) is 4.79 Å². The minimum absolute atomic E-state index is 0.0399. The van der Waals surface area contributed by atoms with E-state index < -0.39 is 0 Å². The Morgan fingerprint density at radius 2 is 2.06 bits per heavy atom. The molecule has 10 nitrogen and oxygen atoms in total.